The molecule has 0 saturated carbocycles. The van der Waals surface area contributed by atoms with Crippen LogP contribution in [0.2, 0.25) is 0 Å². The van der Waals surface area contributed by atoms with Crippen molar-refractivity contribution in [3.8, 4) is 0 Å². The van der Waals surface area contributed by atoms with E-state index in [1.807, 2.05) is 19.0 Å². The van der Waals surface area contributed by atoms with Gasteiger partial charge in [0.25, 0.3) is 0 Å². The van der Waals surface area contributed by atoms with Crippen molar-refractivity contribution in [1.82, 2.24) is 10.2 Å². The van der Waals surface area contributed by atoms with Crippen LogP contribution in [0.4, 0.5) is 0 Å². The molecule has 0 aromatic carbocycles. The highest BCUT2D eigenvalue weighted by Crippen LogP contribution is 2.07. The first kappa shape index (κ1) is 7.95. The van der Waals surface area contributed by atoms with E-state index in [1.54, 1.807) is 0 Å². The Morgan fingerprint density at radius 2 is 2.30 bits per heavy atom. The topological polar surface area (TPSA) is 15.3 Å². The van der Waals surface area contributed by atoms with Gasteiger partial charge in [-0.15, -0.1) is 0 Å². The van der Waals surface area contributed by atoms with Crippen LogP contribution in [0.25, 0.3) is 0 Å². The third-order valence-electron chi connectivity index (χ3n) is 1.80. The van der Waals surface area contributed by atoms with E-state index in [0.29, 0.717) is 6.04 Å². The summed E-state index contributed by atoms with van der Waals surface area (Å²) in [7, 11) is 4.00. The summed E-state index contributed by atoms with van der Waals surface area (Å²) in [6.45, 7) is 1.12. The molecule has 0 radical (unpaired) electrons. The molecule has 58 valence electrons. The number of thiocarbonyl (C=S) groups is 1. The lowest BCUT2D eigenvalue weighted by Gasteiger charge is -2.19. The standard InChI is InChI=1S/C7H14N2S/c1-9(2)7(10)6-4-3-5-8-6/h6,8H,3-5H2,1-2H3. The number of nitrogens with zero attached hydrogens (tertiary/aromatic N) is 1. The fourth-order valence-corrected chi connectivity index (χ4v) is 1.41. The third kappa shape index (κ3) is 1.67. The summed E-state index contributed by atoms with van der Waals surface area (Å²) in [6.07, 6.45) is 2.47. The highest BCUT2D eigenvalue weighted by atomic mass is 32.1. The van der Waals surface area contributed by atoms with Gasteiger partial charge < -0.3 is 10.2 Å². The van der Waals surface area contributed by atoms with Gasteiger partial charge in [-0.3, -0.25) is 0 Å². The second-order valence-electron chi connectivity index (χ2n) is 2.88. The van der Waals surface area contributed by atoms with Crippen LogP contribution < -0.4 is 5.32 Å². The summed E-state index contributed by atoms with van der Waals surface area (Å²) in [4.78, 5) is 3.05. The molecule has 1 aliphatic heterocycles. The number of hydrogen-bond acceptors (Lipinski definition) is 2. The Morgan fingerprint density at radius 3 is 2.70 bits per heavy atom. The van der Waals surface area contributed by atoms with Crippen LogP contribution in [0.3, 0.4) is 0 Å². The van der Waals surface area contributed by atoms with Crippen molar-refractivity contribution in [3.05, 3.63) is 0 Å². The molecule has 0 amide bonds. The fourth-order valence-electron chi connectivity index (χ4n) is 1.21. The highest BCUT2D eigenvalue weighted by Gasteiger charge is 2.19. The van der Waals surface area contributed by atoms with Crippen LogP contribution >= 0.6 is 12.2 Å². The molecule has 1 unspecified atom stereocenters. The highest BCUT2D eigenvalue weighted by molar-refractivity contribution is 7.80. The van der Waals surface area contributed by atoms with Crippen molar-refractivity contribution >= 4 is 17.2 Å². The van der Waals surface area contributed by atoms with Gasteiger partial charge in [-0.1, -0.05) is 12.2 Å². The quantitative estimate of drug-likeness (QED) is 0.563. The Bertz CT molecular complexity index is 128. The first-order valence-corrected chi connectivity index (χ1v) is 4.07. The van der Waals surface area contributed by atoms with Crippen molar-refractivity contribution in [2.45, 2.75) is 18.9 Å². The number of rotatable bonds is 1. The van der Waals surface area contributed by atoms with Gasteiger partial charge in [0.05, 0.1) is 11.0 Å². The maximum Gasteiger partial charge on any atom is 0.0946 e. The molecule has 3 heteroatoms. The molecule has 1 rings (SSSR count). The van der Waals surface area contributed by atoms with E-state index in [0.717, 1.165) is 11.5 Å². The maximum atomic E-state index is 5.20. The molecule has 0 aliphatic carbocycles. The minimum absolute atomic E-state index is 0.463. The minimum Gasteiger partial charge on any atom is -0.371 e. The zero-order valence-electron chi connectivity index (χ0n) is 6.55. The Kier molecular flexibility index (Phi) is 2.63. The minimum atomic E-state index is 0.463. The van der Waals surface area contributed by atoms with Crippen molar-refractivity contribution in [2.24, 2.45) is 0 Å². The lowest BCUT2D eigenvalue weighted by molar-refractivity contribution is 0.583. The zero-order chi connectivity index (χ0) is 7.56. The summed E-state index contributed by atoms with van der Waals surface area (Å²) in [5, 5.41) is 3.35. The average Bonchev–Trinajstić information content (AvgIpc) is 2.36. The largest absolute Gasteiger partial charge is 0.371 e. The summed E-state index contributed by atoms with van der Waals surface area (Å²) < 4.78 is 0. The van der Waals surface area contributed by atoms with E-state index in [1.165, 1.54) is 12.8 Å². The van der Waals surface area contributed by atoms with Crippen molar-refractivity contribution in [1.29, 1.82) is 0 Å². The number of likely N-dealkylation sites (N-methyl/N-ethyl adjacent to an activating group) is 1. The molecule has 1 fully saturated rings. The first-order valence-electron chi connectivity index (χ1n) is 3.66. The smallest absolute Gasteiger partial charge is 0.0946 e. The van der Waals surface area contributed by atoms with Gasteiger partial charge in [0, 0.05) is 14.1 Å². The van der Waals surface area contributed by atoms with Crippen LogP contribution in [0.15, 0.2) is 0 Å². The van der Waals surface area contributed by atoms with Crippen molar-refractivity contribution < 1.29 is 0 Å². The lowest BCUT2D eigenvalue weighted by Crippen LogP contribution is -2.38. The number of hydrogen-bond donors (Lipinski definition) is 1. The molecule has 1 saturated heterocycles. The van der Waals surface area contributed by atoms with E-state index >= 15 is 0 Å². The van der Waals surface area contributed by atoms with Gasteiger partial charge in [0.15, 0.2) is 0 Å². The predicted octanol–water partition coefficient (Wildman–Crippen LogP) is 0.627. The van der Waals surface area contributed by atoms with Crippen molar-refractivity contribution in [2.75, 3.05) is 20.6 Å². The molecule has 2 nitrogen and oxygen atoms in total. The normalized spacial score (nSPS) is 24.8. The van der Waals surface area contributed by atoms with Crippen LogP contribution in [-0.4, -0.2) is 36.6 Å². The molecular weight excluding hydrogens is 144 g/mol. The second-order valence-corrected chi connectivity index (χ2v) is 3.30. The summed E-state index contributed by atoms with van der Waals surface area (Å²) >= 11 is 5.20. The van der Waals surface area contributed by atoms with Gasteiger partial charge in [-0.2, -0.15) is 0 Å². The molecular formula is C7H14N2S. The van der Waals surface area contributed by atoms with E-state index < -0.39 is 0 Å². The predicted molar refractivity (Wildman–Crippen MR) is 47.3 cm³/mol. The van der Waals surface area contributed by atoms with E-state index in [2.05, 4.69) is 5.32 Å². The monoisotopic (exact) mass is 158 g/mol. The molecule has 0 aromatic rings. The Balaban J connectivity index is 2.40. The van der Waals surface area contributed by atoms with Crippen LogP contribution in [-0.2, 0) is 0 Å². The molecule has 10 heavy (non-hydrogen) atoms. The van der Waals surface area contributed by atoms with Gasteiger partial charge in [-0.05, 0) is 19.4 Å². The Labute approximate surface area is 67.6 Å². The average molecular weight is 158 g/mol. The number of nitrogens with one attached hydrogen (secondary N) is 1. The SMILES string of the molecule is CN(C)C(=S)C1CCCN1. The van der Waals surface area contributed by atoms with Crippen LogP contribution in [0.1, 0.15) is 12.8 Å². The lowest BCUT2D eigenvalue weighted by atomic mass is 10.2. The molecule has 0 aromatic heterocycles. The summed E-state index contributed by atoms with van der Waals surface area (Å²) in [5.74, 6) is 0. The third-order valence-corrected chi connectivity index (χ3v) is 2.45. The Hall–Kier alpha value is -0.150. The zero-order valence-corrected chi connectivity index (χ0v) is 7.37. The second kappa shape index (κ2) is 3.30. The van der Waals surface area contributed by atoms with Crippen molar-refractivity contribution in [3.63, 3.8) is 0 Å². The molecule has 1 aliphatic rings. The first-order chi connectivity index (χ1) is 4.72. The fraction of sp³-hybridized carbons (Fsp3) is 0.857. The van der Waals surface area contributed by atoms with E-state index in [-0.39, 0.29) is 0 Å². The van der Waals surface area contributed by atoms with Gasteiger partial charge in [0.2, 0.25) is 0 Å². The van der Waals surface area contributed by atoms with E-state index in [4.69, 9.17) is 12.2 Å². The van der Waals surface area contributed by atoms with Crippen LogP contribution in [0.5, 0.6) is 0 Å². The molecule has 1 heterocycles. The van der Waals surface area contributed by atoms with Crippen LogP contribution in [0, 0.1) is 0 Å². The maximum absolute atomic E-state index is 5.20. The molecule has 0 spiro atoms. The van der Waals surface area contributed by atoms with Gasteiger partial charge in [-0.25, -0.2) is 0 Å². The Morgan fingerprint density at radius 1 is 1.60 bits per heavy atom. The van der Waals surface area contributed by atoms with Gasteiger partial charge >= 0.3 is 0 Å². The molecule has 1 N–H and O–H groups in total. The van der Waals surface area contributed by atoms with E-state index in [9.17, 15) is 0 Å². The summed E-state index contributed by atoms with van der Waals surface area (Å²) in [5.41, 5.74) is 0. The molecule has 1 atom stereocenters. The van der Waals surface area contributed by atoms with Gasteiger partial charge in [0.1, 0.15) is 0 Å². The summed E-state index contributed by atoms with van der Waals surface area (Å²) in [6, 6.07) is 0.463. The molecule has 0 bridgehead atoms.